The molecule has 0 bridgehead atoms. The zero-order valence-electron chi connectivity index (χ0n) is 15.3. The molecule has 5 nitrogen and oxygen atoms in total. The maximum atomic E-state index is 13.3. The van der Waals surface area contributed by atoms with E-state index in [1.807, 2.05) is 13.0 Å². The third kappa shape index (κ3) is 4.96. The standard InChI is InChI=1S/C20H18FN3O2S2/c1-3-27-16-8-7-15(11-22-16)23-20(26)18-12(2)9-17(28-18)24-19(25)13-5-4-6-14(21)10-13/h4-11H,3H2,1-2H3,(H,23,26)(H,24,25). The molecule has 0 radical (unpaired) electrons. The van der Waals surface area contributed by atoms with Crippen LogP contribution >= 0.6 is 23.1 Å². The SMILES string of the molecule is CCSc1ccc(NC(=O)c2sc(NC(=O)c3cccc(F)c3)cc2C)cn1. The van der Waals surface area contributed by atoms with Crippen molar-refractivity contribution in [1.29, 1.82) is 0 Å². The first-order chi connectivity index (χ1) is 13.5. The van der Waals surface area contributed by atoms with Gasteiger partial charge in [0, 0.05) is 5.56 Å². The molecule has 1 aromatic carbocycles. The van der Waals surface area contributed by atoms with Gasteiger partial charge in [-0.25, -0.2) is 9.37 Å². The van der Waals surface area contributed by atoms with Gasteiger partial charge in [-0.3, -0.25) is 9.59 Å². The number of benzene rings is 1. The van der Waals surface area contributed by atoms with Crippen LogP contribution in [0.3, 0.4) is 0 Å². The average molecular weight is 416 g/mol. The van der Waals surface area contributed by atoms with Crippen molar-refractivity contribution in [1.82, 2.24) is 4.98 Å². The number of rotatable bonds is 6. The summed E-state index contributed by atoms with van der Waals surface area (Å²) in [4.78, 5) is 29.6. The fraction of sp³-hybridized carbons (Fsp3) is 0.150. The van der Waals surface area contributed by atoms with E-state index in [1.165, 1.54) is 18.2 Å². The molecule has 0 fully saturated rings. The number of carbonyl (C=O) groups excluding carboxylic acids is 2. The first-order valence-electron chi connectivity index (χ1n) is 8.54. The summed E-state index contributed by atoms with van der Waals surface area (Å²) in [7, 11) is 0. The van der Waals surface area contributed by atoms with Crippen molar-refractivity contribution in [3.63, 3.8) is 0 Å². The van der Waals surface area contributed by atoms with Crippen LogP contribution < -0.4 is 10.6 Å². The number of thioether (sulfide) groups is 1. The molecule has 0 aliphatic rings. The highest BCUT2D eigenvalue weighted by atomic mass is 32.2. The number of nitrogens with one attached hydrogen (secondary N) is 2. The molecule has 0 saturated heterocycles. The molecule has 0 atom stereocenters. The third-order valence-electron chi connectivity index (χ3n) is 3.73. The molecule has 144 valence electrons. The molecular weight excluding hydrogens is 397 g/mol. The summed E-state index contributed by atoms with van der Waals surface area (Å²) in [5.41, 5.74) is 1.56. The average Bonchev–Trinajstić information content (AvgIpc) is 3.04. The first kappa shape index (κ1) is 20.0. The van der Waals surface area contributed by atoms with Gasteiger partial charge in [-0.1, -0.05) is 13.0 Å². The highest BCUT2D eigenvalue weighted by Gasteiger charge is 2.16. The Morgan fingerprint density at radius 1 is 1.14 bits per heavy atom. The van der Waals surface area contributed by atoms with Gasteiger partial charge >= 0.3 is 0 Å². The minimum absolute atomic E-state index is 0.216. The second-order valence-electron chi connectivity index (χ2n) is 5.86. The van der Waals surface area contributed by atoms with E-state index in [0.29, 0.717) is 15.6 Å². The van der Waals surface area contributed by atoms with E-state index in [4.69, 9.17) is 0 Å². The van der Waals surface area contributed by atoms with Gasteiger partial charge in [0.05, 0.1) is 26.8 Å². The second kappa shape index (κ2) is 8.99. The van der Waals surface area contributed by atoms with Crippen LogP contribution in [-0.4, -0.2) is 22.6 Å². The number of pyridine rings is 1. The van der Waals surface area contributed by atoms with Gasteiger partial charge in [0.1, 0.15) is 5.82 Å². The molecule has 0 spiro atoms. The van der Waals surface area contributed by atoms with Gasteiger partial charge in [-0.15, -0.1) is 23.1 Å². The molecule has 2 aromatic heterocycles. The van der Waals surface area contributed by atoms with Crippen LogP contribution in [-0.2, 0) is 0 Å². The molecule has 0 aliphatic carbocycles. The Hall–Kier alpha value is -2.71. The molecule has 2 amide bonds. The fourth-order valence-electron chi connectivity index (χ4n) is 2.46. The van der Waals surface area contributed by atoms with Gasteiger partial charge in [0.15, 0.2) is 0 Å². The molecule has 8 heteroatoms. The highest BCUT2D eigenvalue weighted by Crippen LogP contribution is 2.28. The number of amides is 2. The number of nitrogens with zero attached hydrogens (tertiary/aromatic N) is 1. The summed E-state index contributed by atoms with van der Waals surface area (Å²) in [6.07, 6.45) is 1.62. The lowest BCUT2D eigenvalue weighted by Crippen LogP contribution is -2.12. The Balaban J connectivity index is 1.69. The molecular formula is C20H18FN3O2S2. The van der Waals surface area contributed by atoms with Gasteiger partial charge in [0.25, 0.3) is 11.8 Å². The van der Waals surface area contributed by atoms with E-state index in [9.17, 15) is 14.0 Å². The molecule has 28 heavy (non-hydrogen) atoms. The maximum absolute atomic E-state index is 13.3. The number of aryl methyl sites for hydroxylation is 1. The smallest absolute Gasteiger partial charge is 0.266 e. The summed E-state index contributed by atoms with van der Waals surface area (Å²) >= 11 is 2.79. The Labute approximate surface area is 170 Å². The first-order valence-corrected chi connectivity index (χ1v) is 10.3. The molecule has 0 aliphatic heterocycles. The van der Waals surface area contributed by atoms with Crippen molar-refractivity contribution in [2.24, 2.45) is 0 Å². The predicted octanol–water partition coefficient (Wildman–Crippen LogP) is 5.21. The number of aromatic nitrogens is 1. The number of hydrogen-bond acceptors (Lipinski definition) is 5. The Morgan fingerprint density at radius 2 is 1.96 bits per heavy atom. The zero-order chi connectivity index (χ0) is 20.1. The van der Waals surface area contributed by atoms with E-state index < -0.39 is 11.7 Å². The van der Waals surface area contributed by atoms with Gasteiger partial charge < -0.3 is 10.6 Å². The summed E-state index contributed by atoms with van der Waals surface area (Å²) in [5, 5.41) is 6.93. The largest absolute Gasteiger partial charge is 0.320 e. The third-order valence-corrected chi connectivity index (χ3v) is 5.71. The number of thiophene rings is 1. The maximum Gasteiger partial charge on any atom is 0.266 e. The second-order valence-corrected chi connectivity index (χ2v) is 8.20. The molecule has 2 N–H and O–H groups in total. The Morgan fingerprint density at radius 3 is 2.64 bits per heavy atom. The number of halogens is 1. The number of carbonyl (C=O) groups is 2. The van der Waals surface area contributed by atoms with E-state index in [0.717, 1.165) is 33.7 Å². The van der Waals surface area contributed by atoms with Crippen molar-refractivity contribution < 1.29 is 14.0 Å². The lowest BCUT2D eigenvalue weighted by atomic mass is 10.2. The van der Waals surface area contributed by atoms with Crippen LogP contribution in [0, 0.1) is 12.7 Å². The van der Waals surface area contributed by atoms with Crippen molar-refractivity contribution in [3.8, 4) is 0 Å². The minimum atomic E-state index is -0.480. The van der Waals surface area contributed by atoms with Crippen molar-refractivity contribution >= 4 is 45.6 Å². The van der Waals surface area contributed by atoms with E-state index in [1.54, 1.807) is 37.0 Å². The van der Waals surface area contributed by atoms with Crippen LogP contribution in [0.2, 0.25) is 0 Å². The van der Waals surface area contributed by atoms with Crippen molar-refractivity contribution in [3.05, 3.63) is 70.5 Å². The molecule has 3 aromatic rings. The lowest BCUT2D eigenvalue weighted by molar-refractivity contribution is 0.101. The van der Waals surface area contributed by atoms with Crippen LogP contribution in [0.15, 0.2) is 53.7 Å². The van der Waals surface area contributed by atoms with Crippen LogP contribution in [0.5, 0.6) is 0 Å². The molecule has 0 unspecified atom stereocenters. The monoisotopic (exact) mass is 415 g/mol. The quantitative estimate of drug-likeness (QED) is 0.543. The highest BCUT2D eigenvalue weighted by molar-refractivity contribution is 7.99. The topological polar surface area (TPSA) is 71.1 Å². The van der Waals surface area contributed by atoms with E-state index >= 15 is 0 Å². The van der Waals surface area contributed by atoms with Crippen LogP contribution in [0.1, 0.15) is 32.5 Å². The number of hydrogen-bond donors (Lipinski definition) is 2. The molecule has 0 saturated carbocycles. The van der Waals surface area contributed by atoms with E-state index in [-0.39, 0.29) is 11.5 Å². The van der Waals surface area contributed by atoms with Crippen LogP contribution in [0.4, 0.5) is 15.1 Å². The van der Waals surface area contributed by atoms with Crippen molar-refractivity contribution in [2.75, 3.05) is 16.4 Å². The van der Waals surface area contributed by atoms with E-state index in [2.05, 4.69) is 15.6 Å². The van der Waals surface area contributed by atoms with Gasteiger partial charge in [-0.2, -0.15) is 0 Å². The summed E-state index contributed by atoms with van der Waals surface area (Å²) < 4.78 is 13.3. The zero-order valence-corrected chi connectivity index (χ0v) is 16.9. The molecule has 3 rings (SSSR count). The van der Waals surface area contributed by atoms with Crippen molar-refractivity contribution in [2.45, 2.75) is 18.9 Å². The van der Waals surface area contributed by atoms with Gasteiger partial charge in [0.2, 0.25) is 0 Å². The summed E-state index contributed by atoms with van der Waals surface area (Å²) in [6, 6.07) is 10.8. The van der Waals surface area contributed by atoms with Gasteiger partial charge in [-0.05, 0) is 54.6 Å². The Bertz CT molecular complexity index is 1000. The summed E-state index contributed by atoms with van der Waals surface area (Å²) in [6.45, 7) is 3.84. The minimum Gasteiger partial charge on any atom is -0.320 e. The van der Waals surface area contributed by atoms with Crippen LogP contribution in [0.25, 0.3) is 0 Å². The lowest BCUT2D eigenvalue weighted by Gasteiger charge is -2.05. The molecule has 2 heterocycles. The normalized spacial score (nSPS) is 10.5. The Kier molecular flexibility index (Phi) is 6.43. The predicted molar refractivity (Wildman–Crippen MR) is 112 cm³/mol. The number of anilines is 2. The fourth-order valence-corrected chi connectivity index (χ4v) is 4.01. The summed E-state index contributed by atoms with van der Waals surface area (Å²) in [5.74, 6) is -0.253.